The van der Waals surface area contributed by atoms with Crippen LogP contribution >= 0.6 is 11.3 Å². The van der Waals surface area contributed by atoms with Crippen molar-refractivity contribution >= 4 is 27.3 Å². The van der Waals surface area contributed by atoms with Gasteiger partial charge in [0.15, 0.2) is 0 Å². The molecular formula is C21H24N4O3S2. The summed E-state index contributed by atoms with van der Waals surface area (Å²) < 4.78 is 26.5. The van der Waals surface area contributed by atoms with Crippen LogP contribution in [0.2, 0.25) is 0 Å². The molecule has 158 valence electrons. The molecule has 3 rings (SSSR count). The van der Waals surface area contributed by atoms with Gasteiger partial charge in [-0.15, -0.1) is 11.3 Å². The predicted octanol–water partition coefficient (Wildman–Crippen LogP) is 3.47. The van der Waals surface area contributed by atoms with Crippen LogP contribution in [0.25, 0.3) is 10.7 Å². The zero-order chi connectivity index (χ0) is 21.7. The maximum atomic E-state index is 12.6. The fraction of sp³-hybridized carbons (Fsp3) is 0.286. The van der Waals surface area contributed by atoms with Gasteiger partial charge in [0.05, 0.1) is 16.3 Å². The second kappa shape index (κ2) is 9.46. The second-order valence-corrected chi connectivity index (χ2v) is 9.50. The largest absolute Gasteiger partial charge is 0.347 e. The van der Waals surface area contributed by atoms with Crippen LogP contribution < -0.4 is 5.32 Å². The van der Waals surface area contributed by atoms with Crippen LogP contribution in [0.15, 0.2) is 53.6 Å². The molecule has 1 aromatic carbocycles. The summed E-state index contributed by atoms with van der Waals surface area (Å²) in [4.78, 5) is 22.1. The number of nitrogens with one attached hydrogen (secondary N) is 1. The van der Waals surface area contributed by atoms with E-state index in [1.807, 2.05) is 32.0 Å². The van der Waals surface area contributed by atoms with E-state index in [1.54, 1.807) is 37.4 Å². The number of sulfonamides is 1. The van der Waals surface area contributed by atoms with E-state index in [-0.39, 0.29) is 10.8 Å². The molecule has 2 aromatic heterocycles. The Bertz CT molecular complexity index is 1110. The molecule has 0 radical (unpaired) electrons. The van der Waals surface area contributed by atoms with E-state index in [1.165, 1.54) is 15.6 Å². The maximum absolute atomic E-state index is 12.6. The highest BCUT2D eigenvalue weighted by atomic mass is 32.2. The van der Waals surface area contributed by atoms with Gasteiger partial charge in [0.25, 0.3) is 5.91 Å². The molecule has 0 unspecified atom stereocenters. The fourth-order valence-corrected chi connectivity index (χ4v) is 5.38. The van der Waals surface area contributed by atoms with Gasteiger partial charge in [-0.25, -0.2) is 13.4 Å². The zero-order valence-electron chi connectivity index (χ0n) is 17.1. The van der Waals surface area contributed by atoms with Crippen molar-refractivity contribution in [3.63, 3.8) is 0 Å². The molecule has 0 saturated carbocycles. The van der Waals surface area contributed by atoms with E-state index in [0.29, 0.717) is 35.2 Å². The first kappa shape index (κ1) is 22.1. The summed E-state index contributed by atoms with van der Waals surface area (Å²) >= 11 is 1.30. The Morgan fingerprint density at radius 1 is 1.10 bits per heavy atom. The second-order valence-electron chi connectivity index (χ2n) is 6.56. The number of amides is 1. The third-order valence-electron chi connectivity index (χ3n) is 4.61. The van der Waals surface area contributed by atoms with E-state index < -0.39 is 10.0 Å². The number of pyridine rings is 1. The van der Waals surface area contributed by atoms with Gasteiger partial charge in [-0.2, -0.15) is 4.31 Å². The molecular weight excluding hydrogens is 420 g/mol. The number of hydrogen-bond donors (Lipinski definition) is 1. The number of thiazole rings is 1. The summed E-state index contributed by atoms with van der Waals surface area (Å²) in [7, 11) is -3.49. The van der Waals surface area contributed by atoms with Crippen LogP contribution in [0.5, 0.6) is 0 Å². The lowest BCUT2D eigenvalue weighted by Crippen LogP contribution is -2.30. The van der Waals surface area contributed by atoms with Gasteiger partial charge in [0.2, 0.25) is 10.0 Å². The number of benzene rings is 1. The molecule has 0 saturated heterocycles. The Morgan fingerprint density at radius 3 is 2.40 bits per heavy atom. The van der Waals surface area contributed by atoms with Gasteiger partial charge in [0.1, 0.15) is 9.88 Å². The van der Waals surface area contributed by atoms with Crippen molar-refractivity contribution in [1.29, 1.82) is 0 Å². The van der Waals surface area contributed by atoms with Crippen molar-refractivity contribution in [2.45, 2.75) is 32.2 Å². The van der Waals surface area contributed by atoms with E-state index in [4.69, 9.17) is 0 Å². The lowest BCUT2D eigenvalue weighted by molar-refractivity contribution is 0.0954. The zero-order valence-corrected chi connectivity index (χ0v) is 18.8. The number of carbonyl (C=O) groups excluding carboxylic acids is 1. The lowest BCUT2D eigenvalue weighted by Gasteiger charge is -2.18. The molecule has 0 fully saturated rings. The predicted molar refractivity (Wildman–Crippen MR) is 118 cm³/mol. The average molecular weight is 445 g/mol. The van der Waals surface area contributed by atoms with Crippen LogP contribution in [0.4, 0.5) is 0 Å². The molecule has 0 spiro atoms. The Balaban J connectivity index is 1.68. The van der Waals surface area contributed by atoms with Crippen LogP contribution in [-0.2, 0) is 16.6 Å². The van der Waals surface area contributed by atoms with E-state index >= 15 is 0 Å². The summed E-state index contributed by atoms with van der Waals surface area (Å²) in [5.74, 6) is -0.216. The average Bonchev–Trinajstić information content (AvgIpc) is 3.15. The molecule has 1 amide bonds. The van der Waals surface area contributed by atoms with Gasteiger partial charge >= 0.3 is 0 Å². The number of aryl methyl sites for hydroxylation is 1. The Labute approximate surface area is 180 Å². The van der Waals surface area contributed by atoms with Crippen molar-refractivity contribution < 1.29 is 13.2 Å². The molecule has 7 nitrogen and oxygen atoms in total. The summed E-state index contributed by atoms with van der Waals surface area (Å²) in [6, 6.07) is 12.1. The van der Waals surface area contributed by atoms with Crippen LogP contribution in [-0.4, -0.2) is 41.7 Å². The molecule has 0 atom stereocenters. The van der Waals surface area contributed by atoms with Crippen molar-refractivity contribution in [3.05, 3.63) is 64.8 Å². The van der Waals surface area contributed by atoms with Crippen molar-refractivity contribution in [2.24, 2.45) is 0 Å². The highest BCUT2D eigenvalue weighted by Crippen LogP contribution is 2.26. The lowest BCUT2D eigenvalue weighted by atomic mass is 10.2. The third kappa shape index (κ3) is 4.75. The fourth-order valence-electron chi connectivity index (χ4n) is 2.96. The number of hydrogen-bond acceptors (Lipinski definition) is 6. The number of carbonyl (C=O) groups is 1. The van der Waals surface area contributed by atoms with E-state index in [2.05, 4.69) is 15.3 Å². The molecule has 0 aliphatic heterocycles. The molecule has 0 aliphatic rings. The molecule has 1 N–H and O–H groups in total. The van der Waals surface area contributed by atoms with Gasteiger partial charge in [0, 0.05) is 25.8 Å². The van der Waals surface area contributed by atoms with Crippen LogP contribution in [0.1, 0.15) is 34.8 Å². The first-order valence-corrected chi connectivity index (χ1v) is 11.9. The highest BCUT2D eigenvalue weighted by molar-refractivity contribution is 7.89. The minimum Gasteiger partial charge on any atom is -0.347 e. The first-order chi connectivity index (χ1) is 14.4. The van der Waals surface area contributed by atoms with Crippen LogP contribution in [0, 0.1) is 6.92 Å². The van der Waals surface area contributed by atoms with Crippen molar-refractivity contribution in [3.8, 4) is 10.7 Å². The maximum Gasteiger partial charge on any atom is 0.263 e. The van der Waals surface area contributed by atoms with Gasteiger partial charge in [-0.05, 0) is 36.8 Å². The third-order valence-corrected chi connectivity index (χ3v) is 7.85. The summed E-state index contributed by atoms with van der Waals surface area (Å²) in [6.45, 7) is 6.55. The SMILES string of the molecule is CCN(CC)S(=O)(=O)c1ccc(CNC(=O)c2sc(-c3ccccn3)nc2C)cc1. The Morgan fingerprint density at radius 2 is 1.80 bits per heavy atom. The standard InChI is InChI=1S/C21H24N4O3S2/c1-4-25(5-2)30(27,28)17-11-9-16(10-12-17)14-23-20(26)19-15(3)24-21(29-19)18-8-6-7-13-22-18/h6-13H,4-5,14H2,1-3H3,(H,23,26). The Kier molecular flexibility index (Phi) is 6.96. The Hall–Kier alpha value is -2.62. The quantitative estimate of drug-likeness (QED) is 0.574. The van der Waals surface area contributed by atoms with Crippen molar-refractivity contribution in [1.82, 2.24) is 19.6 Å². The topological polar surface area (TPSA) is 92.3 Å². The summed E-state index contributed by atoms with van der Waals surface area (Å²) in [5.41, 5.74) is 2.20. The first-order valence-electron chi connectivity index (χ1n) is 9.63. The molecule has 0 bridgehead atoms. The van der Waals surface area contributed by atoms with Gasteiger partial charge in [-0.3, -0.25) is 9.78 Å². The highest BCUT2D eigenvalue weighted by Gasteiger charge is 2.21. The number of aromatic nitrogens is 2. The summed E-state index contributed by atoms with van der Waals surface area (Å²) in [6.07, 6.45) is 1.69. The van der Waals surface area contributed by atoms with Crippen LogP contribution in [0.3, 0.4) is 0 Å². The molecule has 3 aromatic rings. The normalized spacial score (nSPS) is 11.6. The molecule has 30 heavy (non-hydrogen) atoms. The molecule has 2 heterocycles. The molecule has 9 heteroatoms. The van der Waals surface area contributed by atoms with Gasteiger partial charge < -0.3 is 5.32 Å². The minimum atomic E-state index is -3.49. The minimum absolute atomic E-state index is 0.216. The van der Waals surface area contributed by atoms with E-state index in [0.717, 1.165) is 11.3 Å². The monoisotopic (exact) mass is 444 g/mol. The summed E-state index contributed by atoms with van der Waals surface area (Å²) in [5, 5.41) is 3.57. The van der Waals surface area contributed by atoms with Crippen molar-refractivity contribution in [2.75, 3.05) is 13.1 Å². The van der Waals surface area contributed by atoms with E-state index in [9.17, 15) is 13.2 Å². The number of rotatable bonds is 8. The van der Waals surface area contributed by atoms with Gasteiger partial charge in [-0.1, -0.05) is 32.0 Å². The smallest absolute Gasteiger partial charge is 0.263 e. The molecule has 0 aliphatic carbocycles. The number of nitrogens with zero attached hydrogens (tertiary/aromatic N) is 3.